The second-order valence-electron chi connectivity index (χ2n) is 3.07. The first-order valence-electron chi connectivity index (χ1n) is 4.35. The van der Waals surface area contributed by atoms with Crippen molar-refractivity contribution in [3.63, 3.8) is 0 Å². The zero-order valence-corrected chi connectivity index (χ0v) is 7.84. The van der Waals surface area contributed by atoms with Crippen LogP contribution in [0.2, 0.25) is 0 Å². The lowest BCUT2D eigenvalue weighted by Crippen LogP contribution is -2.17. The molecule has 0 fully saturated rings. The highest BCUT2D eigenvalue weighted by molar-refractivity contribution is 5.27. The van der Waals surface area contributed by atoms with E-state index in [4.69, 9.17) is 5.21 Å². The van der Waals surface area contributed by atoms with Gasteiger partial charge in [-0.2, -0.15) is 5.48 Å². The lowest BCUT2D eigenvalue weighted by atomic mass is 10.0. The van der Waals surface area contributed by atoms with Gasteiger partial charge in [-0.15, -0.1) is 0 Å². The van der Waals surface area contributed by atoms with E-state index in [0.29, 0.717) is 17.5 Å². The molecule has 0 spiro atoms. The second-order valence-corrected chi connectivity index (χ2v) is 3.07. The van der Waals surface area contributed by atoms with E-state index in [2.05, 4.69) is 5.48 Å². The highest BCUT2D eigenvalue weighted by atomic mass is 19.1. The maximum atomic E-state index is 13.5. The smallest absolute Gasteiger partial charge is 0.130 e. The van der Waals surface area contributed by atoms with Crippen LogP contribution in [0.3, 0.4) is 0 Å². The predicted molar refractivity (Wildman–Crippen MR) is 49.1 cm³/mol. The van der Waals surface area contributed by atoms with Crippen molar-refractivity contribution in [1.82, 2.24) is 5.48 Å². The second kappa shape index (κ2) is 4.35. The molecule has 0 saturated heterocycles. The van der Waals surface area contributed by atoms with Gasteiger partial charge in [-0.25, -0.2) is 4.39 Å². The van der Waals surface area contributed by atoms with Gasteiger partial charge in [0.1, 0.15) is 5.82 Å². The van der Waals surface area contributed by atoms with Crippen LogP contribution in [0.5, 0.6) is 0 Å². The van der Waals surface area contributed by atoms with Gasteiger partial charge in [0.25, 0.3) is 0 Å². The molecular formula is C10H14FNO. The molecular weight excluding hydrogens is 169 g/mol. The molecule has 72 valence electrons. The number of aryl methyl sites for hydroxylation is 1. The molecule has 0 aliphatic rings. The zero-order valence-electron chi connectivity index (χ0n) is 7.84. The Bertz CT molecular complexity index is 284. The summed E-state index contributed by atoms with van der Waals surface area (Å²) < 4.78 is 13.5. The highest BCUT2D eigenvalue weighted by Gasteiger charge is 2.13. The summed E-state index contributed by atoms with van der Waals surface area (Å²) in [6.07, 6.45) is 0.650. The van der Waals surface area contributed by atoms with Crippen LogP contribution < -0.4 is 5.48 Å². The Kier molecular flexibility index (Phi) is 3.39. The molecule has 0 amide bonds. The molecule has 0 unspecified atom stereocenters. The summed E-state index contributed by atoms with van der Waals surface area (Å²) in [6.45, 7) is 3.60. The maximum absolute atomic E-state index is 13.5. The Labute approximate surface area is 77.4 Å². The van der Waals surface area contributed by atoms with E-state index in [1.165, 1.54) is 0 Å². The van der Waals surface area contributed by atoms with Crippen molar-refractivity contribution in [3.05, 3.63) is 35.1 Å². The van der Waals surface area contributed by atoms with Crippen LogP contribution in [0.1, 0.15) is 30.5 Å². The third kappa shape index (κ3) is 2.05. The van der Waals surface area contributed by atoms with Crippen molar-refractivity contribution in [2.24, 2.45) is 0 Å². The topological polar surface area (TPSA) is 32.3 Å². The first-order valence-corrected chi connectivity index (χ1v) is 4.35. The van der Waals surface area contributed by atoms with Crippen LogP contribution in [0.25, 0.3) is 0 Å². The lowest BCUT2D eigenvalue weighted by molar-refractivity contribution is 0.122. The van der Waals surface area contributed by atoms with Gasteiger partial charge in [-0.1, -0.05) is 25.1 Å². The average Bonchev–Trinajstić information content (AvgIpc) is 2.14. The van der Waals surface area contributed by atoms with Gasteiger partial charge >= 0.3 is 0 Å². The summed E-state index contributed by atoms with van der Waals surface area (Å²) >= 11 is 0. The van der Waals surface area contributed by atoms with Gasteiger partial charge in [0.15, 0.2) is 0 Å². The monoisotopic (exact) mass is 183 g/mol. The number of rotatable bonds is 3. The van der Waals surface area contributed by atoms with Gasteiger partial charge in [-0.05, 0) is 18.9 Å². The molecule has 13 heavy (non-hydrogen) atoms. The molecule has 0 bridgehead atoms. The molecule has 0 heterocycles. The number of hydrogen-bond acceptors (Lipinski definition) is 2. The molecule has 0 aliphatic carbocycles. The van der Waals surface area contributed by atoms with Crippen LogP contribution in [0, 0.1) is 12.7 Å². The number of hydroxylamine groups is 1. The third-order valence-corrected chi connectivity index (χ3v) is 2.16. The normalized spacial score (nSPS) is 12.9. The fourth-order valence-corrected chi connectivity index (χ4v) is 1.32. The standard InChI is InChI=1S/C10H14FNO/c1-3-9(12-13)8-6-4-5-7(2)10(8)11/h4-6,9,12-13H,3H2,1-2H3/t9-/m1/s1. The van der Waals surface area contributed by atoms with Crippen LogP contribution >= 0.6 is 0 Å². The van der Waals surface area contributed by atoms with Gasteiger partial charge in [0, 0.05) is 5.56 Å². The minimum Gasteiger partial charge on any atom is -0.316 e. The number of hydrogen-bond donors (Lipinski definition) is 2. The van der Waals surface area contributed by atoms with E-state index >= 15 is 0 Å². The zero-order chi connectivity index (χ0) is 9.84. The molecule has 2 nitrogen and oxygen atoms in total. The Morgan fingerprint density at radius 1 is 1.54 bits per heavy atom. The van der Waals surface area contributed by atoms with Gasteiger partial charge in [0.2, 0.25) is 0 Å². The Morgan fingerprint density at radius 2 is 2.23 bits per heavy atom. The van der Waals surface area contributed by atoms with Gasteiger partial charge in [0.05, 0.1) is 6.04 Å². The molecule has 1 aromatic carbocycles. The number of nitrogens with one attached hydrogen (secondary N) is 1. The molecule has 0 saturated carbocycles. The molecule has 1 atom stereocenters. The molecule has 0 aliphatic heterocycles. The minimum absolute atomic E-state index is 0.240. The van der Waals surface area contributed by atoms with Crippen molar-refractivity contribution >= 4 is 0 Å². The van der Waals surface area contributed by atoms with Crippen molar-refractivity contribution in [1.29, 1.82) is 0 Å². The van der Waals surface area contributed by atoms with Crippen LogP contribution in [0.4, 0.5) is 4.39 Å². The van der Waals surface area contributed by atoms with E-state index in [1.54, 1.807) is 25.1 Å². The van der Waals surface area contributed by atoms with Crippen molar-refractivity contribution in [2.45, 2.75) is 26.3 Å². The van der Waals surface area contributed by atoms with Gasteiger partial charge < -0.3 is 5.21 Å². The minimum atomic E-state index is -0.320. The van der Waals surface area contributed by atoms with E-state index in [0.717, 1.165) is 0 Å². The van der Waals surface area contributed by atoms with Crippen molar-refractivity contribution in [3.8, 4) is 0 Å². The Hall–Kier alpha value is -0.930. The first kappa shape index (κ1) is 10.2. The van der Waals surface area contributed by atoms with Gasteiger partial charge in [-0.3, -0.25) is 0 Å². The molecule has 1 rings (SSSR count). The molecule has 0 radical (unpaired) electrons. The average molecular weight is 183 g/mol. The summed E-state index contributed by atoms with van der Waals surface area (Å²) in [7, 11) is 0. The predicted octanol–water partition coefficient (Wildman–Crippen LogP) is 2.56. The largest absolute Gasteiger partial charge is 0.316 e. The fourth-order valence-electron chi connectivity index (χ4n) is 1.32. The fraction of sp³-hybridized carbons (Fsp3) is 0.400. The molecule has 0 aromatic heterocycles. The first-order chi connectivity index (χ1) is 6.20. The third-order valence-electron chi connectivity index (χ3n) is 2.16. The lowest BCUT2D eigenvalue weighted by Gasteiger charge is -2.14. The van der Waals surface area contributed by atoms with Crippen molar-refractivity contribution < 1.29 is 9.60 Å². The van der Waals surface area contributed by atoms with Crippen LogP contribution in [0.15, 0.2) is 18.2 Å². The summed E-state index contributed by atoms with van der Waals surface area (Å²) in [6, 6.07) is 4.86. The quantitative estimate of drug-likeness (QED) is 0.706. The molecule has 2 N–H and O–H groups in total. The summed E-state index contributed by atoms with van der Waals surface area (Å²) in [5.41, 5.74) is 3.22. The maximum Gasteiger partial charge on any atom is 0.130 e. The summed E-state index contributed by atoms with van der Waals surface area (Å²) in [5.74, 6) is -0.240. The SMILES string of the molecule is CC[C@@H](NO)c1cccc(C)c1F. The van der Waals surface area contributed by atoms with Crippen molar-refractivity contribution in [2.75, 3.05) is 0 Å². The van der Waals surface area contributed by atoms with Crippen LogP contribution in [-0.2, 0) is 0 Å². The summed E-state index contributed by atoms with van der Waals surface area (Å²) in [4.78, 5) is 0. The van der Waals surface area contributed by atoms with E-state index < -0.39 is 0 Å². The molecule has 1 aromatic rings. The highest BCUT2D eigenvalue weighted by Crippen LogP contribution is 2.21. The molecule has 3 heteroatoms. The number of benzene rings is 1. The van der Waals surface area contributed by atoms with Crippen LogP contribution in [-0.4, -0.2) is 5.21 Å². The Balaban J connectivity index is 3.05. The Morgan fingerprint density at radius 3 is 2.77 bits per heavy atom. The number of halogens is 1. The summed E-state index contributed by atoms with van der Waals surface area (Å²) in [5, 5.41) is 8.78. The van der Waals surface area contributed by atoms with E-state index in [1.807, 2.05) is 6.92 Å². The van der Waals surface area contributed by atoms with E-state index in [-0.39, 0.29) is 11.9 Å². The van der Waals surface area contributed by atoms with E-state index in [9.17, 15) is 4.39 Å².